The van der Waals surface area contributed by atoms with Crippen LogP contribution in [0.1, 0.15) is 40.8 Å². The van der Waals surface area contributed by atoms with Crippen molar-refractivity contribution in [2.24, 2.45) is 0 Å². The summed E-state index contributed by atoms with van der Waals surface area (Å²) in [6.45, 7) is 2.13. The molecule has 0 atom stereocenters. The molecule has 0 unspecified atom stereocenters. The van der Waals surface area contributed by atoms with Gasteiger partial charge in [-0.2, -0.15) is 0 Å². The molecule has 3 aromatic heterocycles. The summed E-state index contributed by atoms with van der Waals surface area (Å²) in [5.41, 5.74) is 0.839. The normalized spacial score (nSPS) is 15.4. The molecule has 0 aromatic carbocycles. The van der Waals surface area contributed by atoms with Gasteiger partial charge < -0.3 is 19.6 Å². The first-order chi connectivity index (χ1) is 12.3. The number of carbonyl (C=O) groups is 1. The van der Waals surface area contributed by atoms with Crippen LogP contribution in [0.25, 0.3) is 11.6 Å². The third-order valence-electron chi connectivity index (χ3n) is 4.20. The molecule has 1 fully saturated rings. The molecule has 9 nitrogen and oxygen atoms in total. The van der Waals surface area contributed by atoms with E-state index in [0.29, 0.717) is 23.3 Å². The fraction of sp³-hybridized carbons (Fsp3) is 0.375. The number of hydrogen-bond acceptors (Lipinski definition) is 7. The lowest BCUT2D eigenvalue weighted by Gasteiger charge is -2.19. The Labute approximate surface area is 143 Å². The fourth-order valence-electron chi connectivity index (χ4n) is 2.85. The van der Waals surface area contributed by atoms with Gasteiger partial charge in [0.25, 0.3) is 5.91 Å². The van der Waals surface area contributed by atoms with Crippen molar-refractivity contribution in [2.75, 3.05) is 13.1 Å². The average Bonchev–Trinajstić information content (AvgIpc) is 3.41. The van der Waals surface area contributed by atoms with Crippen molar-refractivity contribution < 1.29 is 13.7 Å². The van der Waals surface area contributed by atoms with E-state index in [9.17, 15) is 4.79 Å². The Hall–Kier alpha value is -2.94. The maximum atomic E-state index is 12.2. The highest BCUT2D eigenvalue weighted by Gasteiger charge is 2.21. The second kappa shape index (κ2) is 6.89. The standard InChI is InChI=1S/C16H18N6O3/c23-16(13-8-11(22-25-13)10-3-5-17-6-4-10)18-9-14-19-15(21-20-14)12-2-1-7-24-12/h1-2,7-8,10,17H,3-6,9H2,(H,18,23)(H,19,20,21). The van der Waals surface area contributed by atoms with Gasteiger partial charge in [-0.15, -0.1) is 5.10 Å². The molecule has 1 aliphatic heterocycles. The maximum Gasteiger partial charge on any atom is 0.290 e. The monoisotopic (exact) mass is 342 g/mol. The molecule has 0 saturated carbocycles. The Morgan fingerprint density at radius 1 is 1.36 bits per heavy atom. The molecule has 0 spiro atoms. The van der Waals surface area contributed by atoms with Gasteiger partial charge in [0.15, 0.2) is 5.76 Å². The number of nitrogens with zero attached hydrogens (tertiary/aromatic N) is 3. The van der Waals surface area contributed by atoms with E-state index in [1.165, 1.54) is 0 Å². The number of aromatic amines is 1. The number of nitrogens with one attached hydrogen (secondary N) is 3. The van der Waals surface area contributed by atoms with Crippen LogP contribution in [-0.2, 0) is 6.54 Å². The Balaban J connectivity index is 1.35. The lowest BCUT2D eigenvalue weighted by atomic mass is 9.94. The second-order valence-corrected chi connectivity index (χ2v) is 5.91. The average molecular weight is 342 g/mol. The lowest BCUT2D eigenvalue weighted by molar-refractivity contribution is 0.0912. The first kappa shape index (κ1) is 15.6. The van der Waals surface area contributed by atoms with Gasteiger partial charge in [-0.05, 0) is 38.1 Å². The van der Waals surface area contributed by atoms with Crippen LogP contribution < -0.4 is 10.6 Å². The van der Waals surface area contributed by atoms with Gasteiger partial charge in [-0.25, -0.2) is 4.98 Å². The van der Waals surface area contributed by atoms with Gasteiger partial charge in [0, 0.05) is 12.0 Å². The van der Waals surface area contributed by atoms with E-state index in [2.05, 4.69) is 31.0 Å². The first-order valence-electron chi connectivity index (χ1n) is 8.20. The van der Waals surface area contributed by atoms with Crippen molar-refractivity contribution in [3.8, 4) is 11.6 Å². The van der Waals surface area contributed by atoms with Gasteiger partial charge in [-0.1, -0.05) is 5.16 Å². The molecule has 3 N–H and O–H groups in total. The highest BCUT2D eigenvalue weighted by Crippen LogP contribution is 2.24. The third kappa shape index (κ3) is 3.45. The van der Waals surface area contributed by atoms with Crippen LogP contribution in [-0.4, -0.2) is 39.3 Å². The summed E-state index contributed by atoms with van der Waals surface area (Å²) in [5.74, 6) is 1.76. The highest BCUT2D eigenvalue weighted by molar-refractivity contribution is 5.91. The van der Waals surface area contributed by atoms with Crippen molar-refractivity contribution in [3.05, 3.63) is 41.7 Å². The molecule has 0 radical (unpaired) electrons. The Morgan fingerprint density at radius 3 is 3.04 bits per heavy atom. The molecule has 9 heteroatoms. The van der Waals surface area contributed by atoms with Gasteiger partial charge >= 0.3 is 0 Å². The Kier molecular flexibility index (Phi) is 4.30. The third-order valence-corrected chi connectivity index (χ3v) is 4.20. The summed E-state index contributed by atoms with van der Waals surface area (Å²) in [4.78, 5) is 16.5. The summed E-state index contributed by atoms with van der Waals surface area (Å²) in [7, 11) is 0. The summed E-state index contributed by atoms with van der Waals surface area (Å²) in [5, 5.41) is 16.9. The minimum Gasteiger partial charge on any atom is -0.461 e. The maximum absolute atomic E-state index is 12.2. The molecule has 3 aromatic rings. The number of aromatic nitrogens is 4. The SMILES string of the molecule is O=C(NCc1nc(-c2ccco2)n[nH]1)c1cc(C2CCNCC2)no1. The topological polar surface area (TPSA) is 122 Å². The van der Waals surface area contributed by atoms with E-state index in [1.807, 2.05) is 0 Å². The van der Waals surface area contributed by atoms with E-state index in [1.54, 1.807) is 24.5 Å². The molecule has 1 aliphatic rings. The Bertz CT molecular complexity index is 832. The summed E-state index contributed by atoms with van der Waals surface area (Å²) < 4.78 is 10.4. The minimum absolute atomic E-state index is 0.204. The van der Waals surface area contributed by atoms with Crippen LogP contribution in [0.3, 0.4) is 0 Å². The van der Waals surface area contributed by atoms with E-state index in [4.69, 9.17) is 8.94 Å². The molecule has 1 amide bonds. The molecular weight excluding hydrogens is 324 g/mol. The van der Waals surface area contributed by atoms with E-state index < -0.39 is 0 Å². The number of piperidine rings is 1. The largest absolute Gasteiger partial charge is 0.461 e. The summed E-state index contributed by atoms with van der Waals surface area (Å²) in [6, 6.07) is 5.25. The quantitative estimate of drug-likeness (QED) is 0.641. The molecular formula is C16H18N6O3. The number of furan rings is 1. The van der Waals surface area contributed by atoms with E-state index >= 15 is 0 Å². The smallest absolute Gasteiger partial charge is 0.290 e. The molecule has 0 aliphatic carbocycles. The van der Waals surface area contributed by atoms with Crippen LogP contribution in [0, 0.1) is 0 Å². The zero-order valence-corrected chi connectivity index (χ0v) is 13.5. The van der Waals surface area contributed by atoms with Crippen LogP contribution in [0.5, 0.6) is 0 Å². The van der Waals surface area contributed by atoms with Crippen molar-refractivity contribution >= 4 is 5.91 Å². The molecule has 4 heterocycles. The molecule has 0 bridgehead atoms. The van der Waals surface area contributed by atoms with Crippen LogP contribution in [0.2, 0.25) is 0 Å². The van der Waals surface area contributed by atoms with E-state index in [0.717, 1.165) is 31.6 Å². The predicted octanol–water partition coefficient (Wildman–Crippen LogP) is 1.45. The minimum atomic E-state index is -0.330. The Morgan fingerprint density at radius 2 is 2.24 bits per heavy atom. The number of carbonyl (C=O) groups excluding carboxylic acids is 1. The zero-order valence-electron chi connectivity index (χ0n) is 13.5. The van der Waals surface area contributed by atoms with Gasteiger partial charge in [0.2, 0.25) is 11.6 Å². The number of amides is 1. The highest BCUT2D eigenvalue weighted by atomic mass is 16.5. The van der Waals surface area contributed by atoms with Crippen molar-refractivity contribution in [2.45, 2.75) is 25.3 Å². The van der Waals surface area contributed by atoms with Gasteiger partial charge in [-0.3, -0.25) is 9.89 Å². The molecule has 1 saturated heterocycles. The summed E-state index contributed by atoms with van der Waals surface area (Å²) in [6.07, 6.45) is 3.55. The molecule has 25 heavy (non-hydrogen) atoms. The first-order valence-corrected chi connectivity index (χ1v) is 8.20. The van der Waals surface area contributed by atoms with Crippen molar-refractivity contribution in [3.63, 3.8) is 0 Å². The number of rotatable bonds is 5. The van der Waals surface area contributed by atoms with Crippen molar-refractivity contribution in [1.82, 2.24) is 31.0 Å². The zero-order chi connectivity index (χ0) is 17.1. The van der Waals surface area contributed by atoms with Gasteiger partial charge in [0.1, 0.15) is 5.82 Å². The van der Waals surface area contributed by atoms with Gasteiger partial charge in [0.05, 0.1) is 18.5 Å². The molecule has 130 valence electrons. The fourth-order valence-corrected chi connectivity index (χ4v) is 2.85. The van der Waals surface area contributed by atoms with Crippen LogP contribution >= 0.6 is 0 Å². The summed E-state index contributed by atoms with van der Waals surface area (Å²) >= 11 is 0. The van der Waals surface area contributed by atoms with E-state index in [-0.39, 0.29) is 18.2 Å². The van der Waals surface area contributed by atoms with Crippen LogP contribution in [0.4, 0.5) is 0 Å². The second-order valence-electron chi connectivity index (χ2n) is 5.91. The van der Waals surface area contributed by atoms with Crippen molar-refractivity contribution in [1.29, 1.82) is 0 Å². The number of H-pyrrole nitrogens is 1. The predicted molar refractivity (Wildman–Crippen MR) is 86.6 cm³/mol. The lowest BCUT2D eigenvalue weighted by Crippen LogP contribution is -2.26. The molecule has 4 rings (SSSR count). The van der Waals surface area contributed by atoms with Crippen LogP contribution in [0.15, 0.2) is 33.4 Å². The number of hydrogen-bond donors (Lipinski definition) is 3.